The van der Waals surface area contributed by atoms with E-state index in [0.29, 0.717) is 31.1 Å². The lowest BCUT2D eigenvalue weighted by Gasteiger charge is -2.30. The molecule has 0 radical (unpaired) electrons. The second-order valence-electron chi connectivity index (χ2n) is 9.17. The fourth-order valence-corrected chi connectivity index (χ4v) is 4.45. The van der Waals surface area contributed by atoms with Gasteiger partial charge in [0.25, 0.3) is 0 Å². The van der Waals surface area contributed by atoms with Crippen molar-refractivity contribution in [3.8, 4) is 0 Å². The van der Waals surface area contributed by atoms with Gasteiger partial charge in [0.15, 0.2) is 12.6 Å². The molecule has 0 amide bonds. The van der Waals surface area contributed by atoms with Gasteiger partial charge in [-0.25, -0.2) is 0 Å². The smallest absolute Gasteiger partial charge is 0.155 e. The van der Waals surface area contributed by atoms with Gasteiger partial charge in [0.05, 0.1) is 11.9 Å². The number of hydrogen-bond donors (Lipinski definition) is 3. The Labute approximate surface area is 187 Å². The van der Waals surface area contributed by atoms with Gasteiger partial charge in [-0.05, 0) is 71.0 Å². The maximum atomic E-state index is 10.1. The van der Waals surface area contributed by atoms with Gasteiger partial charge in [-0.1, -0.05) is 12.2 Å². The molecule has 0 saturated carbocycles. The Morgan fingerprint density at radius 1 is 1.16 bits per heavy atom. The molecule has 5 atom stereocenters. The maximum absolute atomic E-state index is 10.1. The molecule has 0 saturated heterocycles. The third-order valence-electron chi connectivity index (χ3n) is 6.12. The summed E-state index contributed by atoms with van der Waals surface area (Å²) in [6.07, 6.45) is 12.3. The molecule has 0 aromatic carbocycles. The summed E-state index contributed by atoms with van der Waals surface area (Å²) in [7, 11) is 5.70. The van der Waals surface area contributed by atoms with E-state index in [1.807, 2.05) is 19.0 Å². The Bertz CT molecular complexity index is 550. The third-order valence-corrected chi connectivity index (χ3v) is 6.12. The number of hydrogen-bond acceptors (Lipinski definition) is 7. The molecule has 180 valence electrons. The Morgan fingerprint density at radius 2 is 1.97 bits per heavy atom. The van der Waals surface area contributed by atoms with Crippen LogP contribution in [0.5, 0.6) is 0 Å². The predicted molar refractivity (Wildman–Crippen MR) is 120 cm³/mol. The van der Waals surface area contributed by atoms with Crippen LogP contribution in [0.4, 0.5) is 0 Å². The summed E-state index contributed by atoms with van der Waals surface area (Å²) in [5.41, 5.74) is 0. The lowest BCUT2D eigenvalue weighted by Crippen LogP contribution is -2.36. The van der Waals surface area contributed by atoms with Crippen molar-refractivity contribution in [2.24, 2.45) is 11.8 Å². The Balaban J connectivity index is 1.84. The number of methoxy groups -OCH3 is 1. The molecular weight excluding hydrogens is 398 g/mol. The van der Waals surface area contributed by atoms with Crippen LogP contribution in [0.3, 0.4) is 0 Å². The van der Waals surface area contributed by atoms with Crippen LogP contribution in [-0.4, -0.2) is 79.4 Å². The van der Waals surface area contributed by atoms with Gasteiger partial charge in [0.2, 0.25) is 0 Å². The van der Waals surface area contributed by atoms with Crippen molar-refractivity contribution >= 4 is 0 Å². The number of likely N-dealkylation sites (N-methyl/N-ethyl adjacent to an activating group) is 1. The number of allylic oxidation sites excluding steroid dienone is 3. The molecule has 7 nitrogen and oxygen atoms in total. The van der Waals surface area contributed by atoms with Gasteiger partial charge in [-0.2, -0.15) is 0 Å². The normalized spacial score (nSPS) is 26.2. The van der Waals surface area contributed by atoms with Crippen molar-refractivity contribution in [3.63, 3.8) is 0 Å². The minimum atomic E-state index is -1.44. The average Bonchev–Trinajstić information content (AvgIpc) is 2.75. The molecule has 2 rings (SSSR count). The van der Waals surface area contributed by atoms with Crippen LogP contribution in [0, 0.1) is 11.8 Å². The molecule has 0 aromatic rings. The van der Waals surface area contributed by atoms with E-state index < -0.39 is 12.6 Å². The Kier molecular flexibility index (Phi) is 12.1. The monoisotopic (exact) mass is 441 g/mol. The lowest BCUT2D eigenvalue weighted by molar-refractivity contribution is -0.165. The number of nitrogens with zero attached hydrogens (tertiary/aromatic N) is 1. The molecule has 0 heterocycles. The molecule has 31 heavy (non-hydrogen) atoms. The highest BCUT2D eigenvalue weighted by atomic mass is 16.6. The summed E-state index contributed by atoms with van der Waals surface area (Å²) >= 11 is 0. The Morgan fingerprint density at radius 3 is 2.68 bits per heavy atom. The highest BCUT2D eigenvalue weighted by Gasteiger charge is 2.25. The summed E-state index contributed by atoms with van der Waals surface area (Å²) in [4.78, 5) is 2.00. The van der Waals surface area contributed by atoms with Gasteiger partial charge in [-0.3, -0.25) is 0 Å². The van der Waals surface area contributed by atoms with E-state index in [0.717, 1.165) is 44.3 Å². The van der Waals surface area contributed by atoms with E-state index in [1.54, 1.807) is 7.11 Å². The molecule has 5 unspecified atom stereocenters. The van der Waals surface area contributed by atoms with Crippen molar-refractivity contribution in [1.29, 1.82) is 0 Å². The van der Waals surface area contributed by atoms with Crippen LogP contribution in [0.15, 0.2) is 24.0 Å². The number of aliphatic hydroxyl groups excluding tert-OH is 2. The highest BCUT2D eigenvalue weighted by Crippen LogP contribution is 2.33. The predicted octanol–water partition coefficient (Wildman–Crippen LogP) is 2.80. The molecule has 0 fully saturated rings. The Hall–Kier alpha value is -0.960. The summed E-state index contributed by atoms with van der Waals surface area (Å²) in [5, 5.41) is 28.1. The second-order valence-corrected chi connectivity index (χ2v) is 9.17. The van der Waals surface area contributed by atoms with Crippen LogP contribution in [-0.2, 0) is 14.2 Å². The topological polar surface area (TPSA) is 91.6 Å². The highest BCUT2D eigenvalue weighted by molar-refractivity contribution is 5.04. The van der Waals surface area contributed by atoms with Crippen LogP contribution in [0.25, 0.3) is 0 Å². The van der Waals surface area contributed by atoms with Gasteiger partial charge in [0.1, 0.15) is 12.7 Å². The summed E-state index contributed by atoms with van der Waals surface area (Å²) in [6.45, 7) is 0.982. The van der Waals surface area contributed by atoms with Gasteiger partial charge in [-0.15, -0.1) is 0 Å². The zero-order valence-corrected chi connectivity index (χ0v) is 19.5. The third kappa shape index (κ3) is 10.5. The van der Waals surface area contributed by atoms with Crippen LogP contribution in [0.2, 0.25) is 0 Å². The first-order valence-electron chi connectivity index (χ1n) is 11.7. The van der Waals surface area contributed by atoms with Crippen LogP contribution >= 0.6 is 0 Å². The van der Waals surface area contributed by atoms with E-state index in [4.69, 9.17) is 24.4 Å². The van der Waals surface area contributed by atoms with Crippen LogP contribution < -0.4 is 0 Å². The molecule has 2 aliphatic rings. The summed E-state index contributed by atoms with van der Waals surface area (Å²) in [5.74, 6) is 2.06. The van der Waals surface area contributed by atoms with Crippen molar-refractivity contribution in [3.05, 3.63) is 24.0 Å². The lowest BCUT2D eigenvalue weighted by atomic mass is 9.83. The average molecular weight is 442 g/mol. The van der Waals surface area contributed by atoms with Crippen molar-refractivity contribution in [2.75, 3.05) is 34.4 Å². The first kappa shape index (κ1) is 26.3. The zero-order chi connectivity index (χ0) is 22.6. The molecule has 0 spiro atoms. The van der Waals surface area contributed by atoms with E-state index in [-0.39, 0.29) is 18.9 Å². The molecular formula is C24H43NO6. The van der Waals surface area contributed by atoms with Gasteiger partial charge >= 0.3 is 0 Å². The SMILES string of the molecule is COC1CC=CC(CCC2CCCC=C2OCC(CN(C)C)OC(O)CCC(O)O)C1. The second kappa shape index (κ2) is 14.2. The number of ether oxygens (including phenoxy) is 3. The fourth-order valence-electron chi connectivity index (χ4n) is 4.45. The first-order chi connectivity index (χ1) is 14.9. The van der Waals surface area contributed by atoms with Gasteiger partial charge in [0, 0.05) is 32.4 Å². The zero-order valence-electron chi connectivity index (χ0n) is 19.5. The van der Waals surface area contributed by atoms with Crippen molar-refractivity contribution < 1.29 is 29.5 Å². The van der Waals surface area contributed by atoms with E-state index in [2.05, 4.69) is 18.2 Å². The summed E-state index contributed by atoms with van der Waals surface area (Å²) < 4.78 is 17.5. The minimum absolute atomic E-state index is 0.0729. The maximum Gasteiger partial charge on any atom is 0.155 e. The van der Waals surface area contributed by atoms with Crippen molar-refractivity contribution in [2.45, 2.75) is 82.6 Å². The number of rotatable bonds is 14. The quantitative estimate of drug-likeness (QED) is 0.282. The van der Waals surface area contributed by atoms with Crippen molar-refractivity contribution in [1.82, 2.24) is 4.90 Å². The van der Waals surface area contributed by atoms with E-state index in [1.165, 1.54) is 6.42 Å². The largest absolute Gasteiger partial charge is 0.495 e. The van der Waals surface area contributed by atoms with Crippen LogP contribution in [0.1, 0.15) is 57.8 Å². The minimum Gasteiger partial charge on any atom is -0.495 e. The summed E-state index contributed by atoms with van der Waals surface area (Å²) in [6, 6.07) is 0. The fraction of sp³-hybridized carbons (Fsp3) is 0.833. The molecule has 7 heteroatoms. The van der Waals surface area contributed by atoms with E-state index in [9.17, 15) is 5.11 Å². The molecule has 0 aromatic heterocycles. The number of aliphatic hydroxyl groups is 3. The molecule has 0 aliphatic heterocycles. The van der Waals surface area contributed by atoms with Gasteiger partial charge < -0.3 is 34.4 Å². The standard InChI is InChI=1S/C24H43NO6/c1-25(2)16-21(31-24(28)14-13-23(26)27)17-30-22-10-5-4-8-19(22)12-11-18-7-6-9-20(15-18)29-3/h6-7,10,18-21,23-24,26-28H,4-5,8-9,11-17H2,1-3H3. The molecule has 0 bridgehead atoms. The molecule has 2 aliphatic carbocycles. The first-order valence-corrected chi connectivity index (χ1v) is 11.7. The molecule has 3 N–H and O–H groups in total. The van der Waals surface area contributed by atoms with E-state index >= 15 is 0 Å².